The zero-order valence-corrected chi connectivity index (χ0v) is 9.72. The lowest BCUT2D eigenvalue weighted by molar-refractivity contribution is 0.0993. The van der Waals surface area contributed by atoms with E-state index in [4.69, 9.17) is 11.5 Å². The highest BCUT2D eigenvalue weighted by atomic mass is 35.5. The Hall–Kier alpha value is -2.08. The lowest BCUT2D eigenvalue weighted by Gasteiger charge is -2.05. The molecule has 0 aliphatic carbocycles. The van der Waals surface area contributed by atoms with Crippen LogP contribution in [0, 0.1) is 0 Å². The van der Waals surface area contributed by atoms with E-state index in [-0.39, 0.29) is 23.9 Å². The molecule has 0 saturated heterocycles. The van der Waals surface area contributed by atoms with E-state index in [0.29, 0.717) is 6.54 Å². The van der Waals surface area contributed by atoms with Crippen LogP contribution in [0.25, 0.3) is 0 Å². The number of nitrogens with zero attached hydrogens (tertiary/aromatic N) is 3. The van der Waals surface area contributed by atoms with Crippen LogP contribution >= 0.6 is 12.4 Å². The van der Waals surface area contributed by atoms with E-state index in [1.54, 1.807) is 17.0 Å². The van der Waals surface area contributed by atoms with Crippen molar-refractivity contribution >= 4 is 24.1 Å². The van der Waals surface area contributed by atoms with Crippen LogP contribution in [0.3, 0.4) is 0 Å². The highest BCUT2D eigenvalue weighted by molar-refractivity contribution is 5.95. The van der Waals surface area contributed by atoms with Crippen LogP contribution in [0.4, 0.5) is 5.82 Å². The predicted molar refractivity (Wildman–Crippen MR) is 65.7 cm³/mol. The molecule has 0 radical (unpaired) electrons. The summed E-state index contributed by atoms with van der Waals surface area (Å²) in [6.45, 7) is 0.491. The van der Waals surface area contributed by atoms with Gasteiger partial charge in [0.2, 0.25) is 0 Å². The Bertz CT molecular complexity index is 511. The second kappa shape index (κ2) is 5.31. The second-order valence-electron chi connectivity index (χ2n) is 3.33. The predicted octanol–water partition coefficient (Wildman–Crippen LogP) is 0.429. The lowest BCUT2D eigenvalue weighted by atomic mass is 10.2. The fourth-order valence-electron chi connectivity index (χ4n) is 1.47. The molecular weight excluding hydrogens is 242 g/mol. The summed E-state index contributed by atoms with van der Waals surface area (Å²) >= 11 is 0. The first kappa shape index (κ1) is 13.0. The van der Waals surface area contributed by atoms with Gasteiger partial charge in [0.25, 0.3) is 5.91 Å². The van der Waals surface area contributed by atoms with Crippen LogP contribution < -0.4 is 11.5 Å². The SMILES string of the molecule is Cl.NC(=O)c1c(N)ncn1Cc1ccncc1. The van der Waals surface area contributed by atoms with E-state index >= 15 is 0 Å². The number of anilines is 1. The summed E-state index contributed by atoms with van der Waals surface area (Å²) in [6, 6.07) is 3.70. The molecule has 90 valence electrons. The van der Waals surface area contributed by atoms with Crippen LogP contribution in [0.2, 0.25) is 0 Å². The number of primary amides is 1. The Morgan fingerprint density at radius 2 is 2.00 bits per heavy atom. The molecule has 0 aliphatic rings. The third-order valence-corrected chi connectivity index (χ3v) is 2.20. The van der Waals surface area contributed by atoms with Crippen molar-refractivity contribution < 1.29 is 4.79 Å². The summed E-state index contributed by atoms with van der Waals surface area (Å²) < 4.78 is 1.62. The monoisotopic (exact) mass is 253 g/mol. The van der Waals surface area contributed by atoms with Gasteiger partial charge in [0.15, 0.2) is 11.5 Å². The molecule has 0 spiro atoms. The first-order valence-corrected chi connectivity index (χ1v) is 4.68. The number of carbonyl (C=O) groups excluding carboxylic acids is 1. The topological polar surface area (TPSA) is 99.8 Å². The molecule has 0 aliphatic heterocycles. The maximum atomic E-state index is 11.2. The van der Waals surface area contributed by atoms with Crippen molar-refractivity contribution in [2.75, 3.05) is 5.73 Å². The average Bonchev–Trinajstić information content (AvgIpc) is 2.61. The van der Waals surface area contributed by atoms with Crippen molar-refractivity contribution in [3.05, 3.63) is 42.1 Å². The Labute approximate surface area is 104 Å². The minimum atomic E-state index is -0.580. The van der Waals surface area contributed by atoms with E-state index < -0.39 is 5.91 Å². The van der Waals surface area contributed by atoms with Crippen molar-refractivity contribution in [1.82, 2.24) is 14.5 Å². The molecule has 2 aromatic heterocycles. The first-order valence-electron chi connectivity index (χ1n) is 4.68. The molecule has 2 aromatic rings. The Balaban J connectivity index is 0.00000144. The molecule has 2 rings (SSSR count). The number of hydrogen-bond acceptors (Lipinski definition) is 4. The van der Waals surface area contributed by atoms with Gasteiger partial charge in [-0.1, -0.05) is 0 Å². The minimum absolute atomic E-state index is 0. The Kier molecular flexibility index (Phi) is 4.06. The van der Waals surface area contributed by atoms with Gasteiger partial charge in [-0.2, -0.15) is 0 Å². The summed E-state index contributed by atoms with van der Waals surface area (Å²) in [5.41, 5.74) is 12.0. The number of amides is 1. The molecule has 1 amide bonds. The third kappa shape index (κ3) is 2.73. The third-order valence-electron chi connectivity index (χ3n) is 2.20. The number of aromatic nitrogens is 3. The lowest BCUT2D eigenvalue weighted by Crippen LogP contribution is -2.18. The molecule has 0 saturated carbocycles. The molecule has 0 aromatic carbocycles. The molecule has 17 heavy (non-hydrogen) atoms. The molecule has 0 unspecified atom stereocenters. The standard InChI is InChI=1S/C10H11N5O.ClH/c11-9-8(10(12)16)15(6-14-9)5-7-1-3-13-4-2-7;/h1-4,6H,5,11H2,(H2,12,16);1H. The number of pyridine rings is 1. The van der Waals surface area contributed by atoms with Crippen LogP contribution in [-0.4, -0.2) is 20.4 Å². The number of imidazole rings is 1. The van der Waals surface area contributed by atoms with Gasteiger partial charge in [-0.25, -0.2) is 4.98 Å². The molecular formula is C10H12ClN5O. The van der Waals surface area contributed by atoms with Gasteiger partial charge in [-0.15, -0.1) is 12.4 Å². The highest BCUT2D eigenvalue weighted by Gasteiger charge is 2.13. The van der Waals surface area contributed by atoms with Gasteiger partial charge in [-0.05, 0) is 17.7 Å². The highest BCUT2D eigenvalue weighted by Crippen LogP contribution is 2.11. The second-order valence-corrected chi connectivity index (χ2v) is 3.33. The van der Waals surface area contributed by atoms with Crippen LogP contribution in [-0.2, 0) is 6.54 Å². The number of hydrogen-bond donors (Lipinski definition) is 2. The summed E-state index contributed by atoms with van der Waals surface area (Å²) in [5, 5.41) is 0. The largest absolute Gasteiger partial charge is 0.382 e. The molecule has 0 bridgehead atoms. The van der Waals surface area contributed by atoms with Crippen molar-refractivity contribution in [3.63, 3.8) is 0 Å². The van der Waals surface area contributed by atoms with Gasteiger partial charge in [-0.3, -0.25) is 9.78 Å². The Morgan fingerprint density at radius 3 is 2.59 bits per heavy atom. The van der Waals surface area contributed by atoms with E-state index in [1.165, 1.54) is 6.33 Å². The normalized spacial score (nSPS) is 9.65. The van der Waals surface area contributed by atoms with Crippen LogP contribution in [0.5, 0.6) is 0 Å². The van der Waals surface area contributed by atoms with Gasteiger partial charge in [0.1, 0.15) is 0 Å². The summed E-state index contributed by atoms with van der Waals surface area (Å²) in [4.78, 5) is 18.9. The van der Waals surface area contributed by atoms with E-state index in [1.807, 2.05) is 12.1 Å². The fraction of sp³-hybridized carbons (Fsp3) is 0.100. The number of carbonyl (C=O) groups is 1. The molecule has 7 heteroatoms. The van der Waals surface area contributed by atoms with Crippen molar-refractivity contribution in [3.8, 4) is 0 Å². The quantitative estimate of drug-likeness (QED) is 0.828. The smallest absolute Gasteiger partial charge is 0.269 e. The summed E-state index contributed by atoms with van der Waals surface area (Å²) in [6.07, 6.45) is 4.86. The minimum Gasteiger partial charge on any atom is -0.382 e. The van der Waals surface area contributed by atoms with Crippen LogP contribution in [0.15, 0.2) is 30.9 Å². The molecule has 0 atom stereocenters. The van der Waals surface area contributed by atoms with Crippen molar-refractivity contribution in [1.29, 1.82) is 0 Å². The number of halogens is 1. The number of rotatable bonds is 3. The first-order chi connectivity index (χ1) is 7.68. The zero-order chi connectivity index (χ0) is 11.5. The maximum Gasteiger partial charge on any atom is 0.269 e. The van der Waals surface area contributed by atoms with Crippen molar-refractivity contribution in [2.45, 2.75) is 6.54 Å². The number of nitrogens with two attached hydrogens (primary N) is 2. The van der Waals surface area contributed by atoms with Crippen molar-refractivity contribution in [2.24, 2.45) is 5.73 Å². The van der Waals surface area contributed by atoms with Gasteiger partial charge in [0, 0.05) is 18.9 Å². The van der Waals surface area contributed by atoms with Crippen LogP contribution in [0.1, 0.15) is 16.1 Å². The van der Waals surface area contributed by atoms with E-state index in [9.17, 15) is 4.79 Å². The molecule has 0 fully saturated rings. The molecule has 4 N–H and O–H groups in total. The van der Waals surface area contributed by atoms with Gasteiger partial charge < -0.3 is 16.0 Å². The average molecular weight is 254 g/mol. The molecule has 6 nitrogen and oxygen atoms in total. The fourth-order valence-corrected chi connectivity index (χ4v) is 1.47. The maximum absolute atomic E-state index is 11.2. The van der Waals surface area contributed by atoms with Gasteiger partial charge in [0.05, 0.1) is 6.33 Å². The summed E-state index contributed by atoms with van der Waals surface area (Å²) in [7, 11) is 0. The molecule has 2 heterocycles. The van der Waals surface area contributed by atoms with E-state index in [2.05, 4.69) is 9.97 Å². The Morgan fingerprint density at radius 1 is 1.35 bits per heavy atom. The number of nitrogen functional groups attached to an aromatic ring is 1. The summed E-state index contributed by atoms with van der Waals surface area (Å²) in [5.74, 6) is -0.425. The van der Waals surface area contributed by atoms with Gasteiger partial charge >= 0.3 is 0 Å². The van der Waals surface area contributed by atoms with E-state index in [0.717, 1.165) is 5.56 Å². The zero-order valence-electron chi connectivity index (χ0n) is 8.91.